The molecule has 0 aliphatic carbocycles. The number of hydrogen-bond acceptors (Lipinski definition) is 5. The van der Waals surface area contributed by atoms with Gasteiger partial charge in [-0.1, -0.05) is 0 Å². The Hall–Kier alpha value is -3.06. The van der Waals surface area contributed by atoms with E-state index in [0.717, 1.165) is 47.7 Å². The van der Waals surface area contributed by atoms with Crippen LogP contribution in [0.15, 0.2) is 36.7 Å². The van der Waals surface area contributed by atoms with Gasteiger partial charge in [0.15, 0.2) is 0 Å². The molecular weight excluding hydrogens is 368 g/mol. The van der Waals surface area contributed by atoms with E-state index in [1.54, 1.807) is 12.4 Å². The number of carbonyl (C=O) groups is 1. The Balaban J connectivity index is 1.52. The van der Waals surface area contributed by atoms with Crippen molar-refractivity contribution < 1.29 is 14.3 Å². The molecule has 1 fully saturated rings. The Kier molecular flexibility index (Phi) is 4.20. The number of aromatic nitrogens is 2. The minimum Gasteiger partial charge on any atom is -0.487 e. The number of nitrogens with zero attached hydrogens (tertiary/aromatic N) is 2. The van der Waals surface area contributed by atoms with Crippen LogP contribution in [0.25, 0.3) is 11.0 Å². The molecule has 0 radical (unpaired) electrons. The number of pyridine rings is 1. The molecule has 0 atom stereocenters. The van der Waals surface area contributed by atoms with Gasteiger partial charge in [-0.25, -0.2) is 0 Å². The van der Waals surface area contributed by atoms with E-state index in [9.17, 15) is 4.79 Å². The van der Waals surface area contributed by atoms with Crippen LogP contribution in [0.5, 0.6) is 5.75 Å². The highest BCUT2D eigenvalue weighted by Gasteiger charge is 2.32. The lowest BCUT2D eigenvalue weighted by Gasteiger charge is -2.31. The smallest absolute Gasteiger partial charge is 0.259 e. The van der Waals surface area contributed by atoms with Crippen molar-refractivity contribution in [1.82, 2.24) is 9.97 Å². The molecular formula is C22H24N4O3. The van der Waals surface area contributed by atoms with Gasteiger partial charge in [0, 0.05) is 43.5 Å². The standard InChI is InChI=1S/C22H24N4O3/c1-22(2)12-14-10-17(18(11-19(14)29-22)26-6-8-28-9-7-26)25-21(27)15-13-24-16-4-3-5-23-20(15)16/h3-5,10-11,13,24H,6-9,12H2,1-2H3,(H,25,27). The maximum Gasteiger partial charge on any atom is 0.259 e. The zero-order valence-corrected chi connectivity index (χ0v) is 16.6. The largest absolute Gasteiger partial charge is 0.487 e. The van der Waals surface area contributed by atoms with E-state index in [-0.39, 0.29) is 11.5 Å². The van der Waals surface area contributed by atoms with Gasteiger partial charge < -0.3 is 24.7 Å². The first-order chi connectivity index (χ1) is 14.0. The van der Waals surface area contributed by atoms with Gasteiger partial charge in [-0.2, -0.15) is 0 Å². The average Bonchev–Trinajstić information content (AvgIpc) is 3.27. The van der Waals surface area contributed by atoms with Crippen LogP contribution in [0.4, 0.5) is 11.4 Å². The summed E-state index contributed by atoms with van der Waals surface area (Å²) < 4.78 is 11.6. The zero-order chi connectivity index (χ0) is 20.0. The van der Waals surface area contributed by atoms with Crippen molar-refractivity contribution in [2.45, 2.75) is 25.9 Å². The first kappa shape index (κ1) is 18.0. The monoisotopic (exact) mass is 392 g/mol. The summed E-state index contributed by atoms with van der Waals surface area (Å²) in [6, 6.07) is 7.86. The molecule has 2 aliphatic rings. The fourth-order valence-corrected chi connectivity index (χ4v) is 4.12. The number of fused-ring (bicyclic) bond motifs is 2. The van der Waals surface area contributed by atoms with Crippen LogP contribution in [0, 0.1) is 0 Å². The van der Waals surface area contributed by atoms with Crippen molar-refractivity contribution in [2.75, 3.05) is 36.5 Å². The Morgan fingerprint density at radius 2 is 2.10 bits per heavy atom. The van der Waals surface area contributed by atoms with E-state index in [4.69, 9.17) is 9.47 Å². The highest BCUT2D eigenvalue weighted by Crippen LogP contribution is 2.42. The van der Waals surface area contributed by atoms with Gasteiger partial charge in [0.25, 0.3) is 5.91 Å². The summed E-state index contributed by atoms with van der Waals surface area (Å²) in [6.45, 7) is 7.06. The van der Waals surface area contributed by atoms with Gasteiger partial charge in [0.1, 0.15) is 16.9 Å². The third-order valence-corrected chi connectivity index (χ3v) is 5.46. The molecule has 2 aromatic heterocycles. The lowest BCUT2D eigenvalue weighted by Crippen LogP contribution is -2.36. The number of amides is 1. The van der Waals surface area contributed by atoms with Crippen LogP contribution < -0.4 is 15.0 Å². The van der Waals surface area contributed by atoms with Crippen molar-refractivity contribution in [3.8, 4) is 5.75 Å². The van der Waals surface area contributed by atoms with Gasteiger partial charge in [-0.05, 0) is 32.0 Å². The molecule has 4 heterocycles. The molecule has 2 N–H and O–H groups in total. The number of aromatic amines is 1. The summed E-state index contributed by atoms with van der Waals surface area (Å²) in [4.78, 5) is 22.8. The van der Waals surface area contributed by atoms with Gasteiger partial charge in [-0.15, -0.1) is 0 Å². The average molecular weight is 392 g/mol. The number of ether oxygens (including phenoxy) is 2. The second-order valence-corrected chi connectivity index (χ2v) is 8.17. The molecule has 150 valence electrons. The summed E-state index contributed by atoms with van der Waals surface area (Å²) >= 11 is 0. The molecule has 29 heavy (non-hydrogen) atoms. The van der Waals surface area contributed by atoms with E-state index in [1.807, 2.05) is 12.1 Å². The number of benzene rings is 1. The number of hydrogen-bond donors (Lipinski definition) is 2. The number of rotatable bonds is 3. The van der Waals surface area contributed by atoms with E-state index >= 15 is 0 Å². The fourth-order valence-electron chi connectivity index (χ4n) is 4.12. The SMILES string of the molecule is CC1(C)Cc2cc(NC(=O)c3c[nH]c4cccnc34)c(N3CCOCC3)cc2O1. The summed E-state index contributed by atoms with van der Waals surface area (Å²) in [5.41, 5.74) is 4.67. The lowest BCUT2D eigenvalue weighted by molar-refractivity contribution is 0.102. The molecule has 1 aromatic carbocycles. The topological polar surface area (TPSA) is 79.5 Å². The Bertz CT molecular complexity index is 1080. The molecule has 5 rings (SSSR count). The third-order valence-electron chi connectivity index (χ3n) is 5.46. The normalized spacial score (nSPS) is 17.8. The van der Waals surface area contributed by atoms with E-state index in [2.05, 4.69) is 46.2 Å². The van der Waals surface area contributed by atoms with Crippen LogP contribution in [-0.2, 0) is 11.2 Å². The van der Waals surface area contributed by atoms with Gasteiger partial charge in [0.2, 0.25) is 0 Å². The summed E-state index contributed by atoms with van der Waals surface area (Å²) in [6.07, 6.45) is 4.21. The number of anilines is 2. The van der Waals surface area contributed by atoms with Crippen LogP contribution in [-0.4, -0.2) is 47.8 Å². The van der Waals surface area contributed by atoms with Gasteiger partial charge in [-0.3, -0.25) is 9.78 Å². The summed E-state index contributed by atoms with van der Waals surface area (Å²) in [5, 5.41) is 3.12. The second-order valence-electron chi connectivity index (χ2n) is 8.17. The van der Waals surface area contributed by atoms with Crippen molar-refractivity contribution in [1.29, 1.82) is 0 Å². The Morgan fingerprint density at radius 3 is 2.93 bits per heavy atom. The molecule has 3 aromatic rings. The highest BCUT2D eigenvalue weighted by molar-refractivity contribution is 6.12. The second kappa shape index (κ2) is 6.77. The van der Waals surface area contributed by atoms with Crippen LogP contribution in [0.3, 0.4) is 0 Å². The van der Waals surface area contributed by atoms with Crippen molar-refractivity contribution in [3.05, 3.63) is 47.8 Å². The minimum atomic E-state index is -0.242. The van der Waals surface area contributed by atoms with Crippen LogP contribution in [0.1, 0.15) is 29.8 Å². The predicted octanol–water partition coefficient (Wildman–Crippen LogP) is 3.37. The lowest BCUT2D eigenvalue weighted by atomic mass is 10.0. The van der Waals surface area contributed by atoms with Crippen LogP contribution >= 0.6 is 0 Å². The Labute approximate surface area is 169 Å². The quantitative estimate of drug-likeness (QED) is 0.715. The van der Waals surface area contributed by atoms with Crippen molar-refractivity contribution in [3.63, 3.8) is 0 Å². The van der Waals surface area contributed by atoms with Crippen molar-refractivity contribution >= 4 is 28.3 Å². The molecule has 0 bridgehead atoms. The summed E-state index contributed by atoms with van der Waals surface area (Å²) in [7, 11) is 0. The van der Waals surface area contributed by atoms with Gasteiger partial charge >= 0.3 is 0 Å². The molecule has 0 saturated carbocycles. The van der Waals surface area contributed by atoms with Crippen molar-refractivity contribution in [2.24, 2.45) is 0 Å². The number of nitrogens with one attached hydrogen (secondary N) is 2. The molecule has 0 spiro atoms. The zero-order valence-electron chi connectivity index (χ0n) is 16.6. The van der Waals surface area contributed by atoms with Gasteiger partial charge in [0.05, 0.1) is 35.7 Å². The fraction of sp³-hybridized carbons (Fsp3) is 0.364. The number of carbonyl (C=O) groups excluding carboxylic acids is 1. The maximum atomic E-state index is 13.1. The summed E-state index contributed by atoms with van der Waals surface area (Å²) in [5.74, 6) is 0.714. The van der Waals surface area contributed by atoms with E-state index < -0.39 is 0 Å². The third kappa shape index (κ3) is 3.31. The first-order valence-electron chi connectivity index (χ1n) is 9.92. The molecule has 7 nitrogen and oxygen atoms in total. The van der Waals surface area contributed by atoms with Crippen LogP contribution in [0.2, 0.25) is 0 Å². The molecule has 0 unspecified atom stereocenters. The number of H-pyrrole nitrogens is 1. The molecule has 1 amide bonds. The molecule has 7 heteroatoms. The molecule has 1 saturated heterocycles. The first-order valence-corrected chi connectivity index (χ1v) is 9.92. The predicted molar refractivity (Wildman–Crippen MR) is 112 cm³/mol. The maximum absolute atomic E-state index is 13.1. The molecule has 2 aliphatic heterocycles. The number of morpholine rings is 1. The minimum absolute atomic E-state index is 0.178. The van der Waals surface area contributed by atoms with E-state index in [0.29, 0.717) is 24.3 Å². The Morgan fingerprint density at radius 1 is 1.28 bits per heavy atom. The highest BCUT2D eigenvalue weighted by atomic mass is 16.5. The van der Waals surface area contributed by atoms with E-state index in [1.165, 1.54) is 0 Å².